The van der Waals surface area contributed by atoms with Crippen LogP contribution in [-0.4, -0.2) is 16.7 Å². The second-order valence-electron chi connectivity index (χ2n) is 4.23. The highest BCUT2D eigenvalue weighted by molar-refractivity contribution is 5.59. The van der Waals surface area contributed by atoms with Gasteiger partial charge in [0.2, 0.25) is 0 Å². The molecule has 0 aliphatic carbocycles. The molecule has 1 heterocycles. The van der Waals surface area contributed by atoms with Gasteiger partial charge >= 0.3 is 0 Å². The third-order valence-electron chi connectivity index (χ3n) is 2.79. The third-order valence-corrected chi connectivity index (χ3v) is 2.79. The molecule has 0 aliphatic heterocycles. The van der Waals surface area contributed by atoms with Crippen LogP contribution in [0.5, 0.6) is 5.75 Å². The summed E-state index contributed by atoms with van der Waals surface area (Å²) in [5.41, 5.74) is 2.49. The van der Waals surface area contributed by atoms with Crippen LogP contribution in [0.1, 0.15) is 5.69 Å². The van der Waals surface area contributed by atoms with E-state index < -0.39 is 0 Å². The minimum atomic E-state index is 0.00303. The lowest BCUT2D eigenvalue weighted by Crippen LogP contribution is -1.97. The number of rotatable bonds is 4. The van der Waals surface area contributed by atoms with E-state index in [9.17, 15) is 0 Å². The highest BCUT2D eigenvalue weighted by Crippen LogP contribution is 2.26. The van der Waals surface area contributed by atoms with Gasteiger partial charge in [0.25, 0.3) is 0 Å². The van der Waals surface area contributed by atoms with Gasteiger partial charge in [0.1, 0.15) is 23.5 Å². The fraction of sp³-hybridized carbons (Fsp3) is 0.133. The van der Waals surface area contributed by atoms with Crippen LogP contribution in [0.2, 0.25) is 0 Å². The molecular weight excluding hydrogens is 266 g/mol. The largest absolute Gasteiger partial charge is 0.494 e. The average Bonchev–Trinajstić information content (AvgIpc) is 2.94. The van der Waals surface area contributed by atoms with Crippen LogP contribution in [0.3, 0.4) is 0 Å². The number of aromatic nitrogens is 2. The number of imidazole rings is 1. The first-order valence-corrected chi connectivity index (χ1v) is 6.14. The van der Waals surface area contributed by atoms with Crippen LogP contribution in [0, 0.1) is 29.6 Å². The predicted octanol–water partition coefficient (Wildman–Crippen LogP) is 2.53. The Balaban J connectivity index is 2.31. The van der Waals surface area contributed by atoms with Crippen molar-refractivity contribution in [2.75, 3.05) is 12.4 Å². The summed E-state index contributed by atoms with van der Waals surface area (Å²) in [5.74, 6) is 0.654. The molecule has 0 saturated carbocycles. The van der Waals surface area contributed by atoms with Crippen molar-refractivity contribution in [1.82, 2.24) is 9.55 Å². The van der Waals surface area contributed by atoms with E-state index >= 15 is 0 Å². The molecular formula is C15H13N5O. The van der Waals surface area contributed by atoms with Crippen molar-refractivity contribution in [3.05, 3.63) is 48.2 Å². The predicted molar refractivity (Wildman–Crippen MR) is 77.8 cm³/mol. The summed E-state index contributed by atoms with van der Waals surface area (Å²) < 4.78 is 7.23. The fourth-order valence-corrected chi connectivity index (χ4v) is 1.78. The topological polar surface area (TPSA) is 86.7 Å². The number of hydrogen-bond acceptors (Lipinski definition) is 5. The van der Waals surface area contributed by atoms with Gasteiger partial charge in [0.05, 0.1) is 24.8 Å². The Morgan fingerprint density at radius 3 is 2.71 bits per heavy atom. The summed E-state index contributed by atoms with van der Waals surface area (Å²) in [6.07, 6.45) is 4.97. The molecule has 0 radical (unpaired) electrons. The van der Waals surface area contributed by atoms with Crippen LogP contribution in [-0.2, 0) is 0 Å². The van der Waals surface area contributed by atoms with Crippen LogP contribution < -0.4 is 10.1 Å². The summed E-state index contributed by atoms with van der Waals surface area (Å²) in [5, 5.41) is 20.3. The van der Waals surface area contributed by atoms with E-state index in [1.807, 2.05) is 29.8 Å². The lowest BCUT2D eigenvalue weighted by Gasteiger charge is -2.11. The Morgan fingerprint density at radius 2 is 2.14 bits per heavy atom. The summed E-state index contributed by atoms with van der Waals surface area (Å²) in [6.45, 7) is 1.91. The standard InChI is InChI=1S/C15H13N5O/c1-11-9-20(10-19-11)14-4-3-13(5-15(14)21-2)18-8-12(6-16)7-17/h3-5,8-10,18H,1-2H3. The molecule has 104 valence electrons. The van der Waals surface area contributed by atoms with Gasteiger partial charge in [-0.1, -0.05) is 0 Å². The fourth-order valence-electron chi connectivity index (χ4n) is 1.78. The monoisotopic (exact) mass is 279 g/mol. The number of hydrogen-bond donors (Lipinski definition) is 1. The highest BCUT2D eigenvalue weighted by Gasteiger charge is 2.07. The van der Waals surface area contributed by atoms with E-state index in [4.69, 9.17) is 15.3 Å². The maximum atomic E-state index is 8.68. The zero-order valence-electron chi connectivity index (χ0n) is 11.7. The zero-order chi connectivity index (χ0) is 15.2. The number of nitriles is 2. The van der Waals surface area contributed by atoms with Crippen molar-refractivity contribution in [2.24, 2.45) is 0 Å². The molecule has 2 rings (SSSR count). The molecule has 1 N–H and O–H groups in total. The normalized spacial score (nSPS) is 9.33. The van der Waals surface area contributed by atoms with Crippen molar-refractivity contribution in [3.63, 3.8) is 0 Å². The Labute approximate surface area is 122 Å². The quantitative estimate of drug-likeness (QED) is 0.869. The van der Waals surface area contributed by atoms with Gasteiger partial charge < -0.3 is 14.6 Å². The molecule has 0 aliphatic rings. The van der Waals surface area contributed by atoms with Crippen LogP contribution >= 0.6 is 0 Å². The van der Waals surface area contributed by atoms with Crippen molar-refractivity contribution in [3.8, 4) is 23.6 Å². The van der Waals surface area contributed by atoms with Gasteiger partial charge in [0, 0.05) is 24.2 Å². The van der Waals surface area contributed by atoms with E-state index in [-0.39, 0.29) is 5.57 Å². The number of benzene rings is 1. The lowest BCUT2D eigenvalue weighted by atomic mass is 10.2. The molecule has 0 saturated heterocycles. The number of nitrogens with one attached hydrogen (secondary N) is 1. The molecule has 1 aromatic heterocycles. The molecule has 0 spiro atoms. The number of aryl methyl sites for hydroxylation is 1. The van der Waals surface area contributed by atoms with Crippen molar-refractivity contribution in [2.45, 2.75) is 6.92 Å². The number of ether oxygens (including phenoxy) is 1. The van der Waals surface area contributed by atoms with Crippen LogP contribution in [0.4, 0.5) is 5.69 Å². The zero-order valence-corrected chi connectivity index (χ0v) is 11.7. The molecule has 0 atom stereocenters. The Morgan fingerprint density at radius 1 is 1.38 bits per heavy atom. The number of anilines is 1. The summed E-state index contributed by atoms with van der Waals surface area (Å²) in [7, 11) is 1.58. The molecule has 21 heavy (non-hydrogen) atoms. The van der Waals surface area contributed by atoms with Gasteiger partial charge in [-0.3, -0.25) is 0 Å². The Bertz CT molecular complexity index is 745. The van der Waals surface area contributed by atoms with E-state index in [1.165, 1.54) is 6.20 Å². The Hall–Kier alpha value is -3.25. The summed E-state index contributed by atoms with van der Waals surface area (Å²) >= 11 is 0. The SMILES string of the molecule is COc1cc(NC=C(C#N)C#N)ccc1-n1cnc(C)c1. The van der Waals surface area contributed by atoms with E-state index in [2.05, 4.69) is 10.3 Å². The number of nitrogens with zero attached hydrogens (tertiary/aromatic N) is 4. The minimum absolute atomic E-state index is 0.00303. The molecule has 2 aromatic rings. The number of allylic oxidation sites excluding steroid dienone is 1. The molecule has 6 heteroatoms. The summed E-state index contributed by atoms with van der Waals surface area (Å²) in [6, 6.07) is 9.05. The summed E-state index contributed by atoms with van der Waals surface area (Å²) in [4.78, 5) is 4.18. The molecule has 6 nitrogen and oxygen atoms in total. The maximum Gasteiger partial charge on any atom is 0.145 e. The van der Waals surface area contributed by atoms with Crippen LogP contribution in [0.25, 0.3) is 5.69 Å². The molecule has 0 amide bonds. The van der Waals surface area contributed by atoms with Gasteiger partial charge in [-0.2, -0.15) is 10.5 Å². The first-order chi connectivity index (χ1) is 10.2. The highest BCUT2D eigenvalue weighted by atomic mass is 16.5. The average molecular weight is 279 g/mol. The Kier molecular flexibility index (Phi) is 4.23. The molecule has 1 aromatic carbocycles. The van der Waals surface area contributed by atoms with Crippen LogP contribution in [0.15, 0.2) is 42.5 Å². The first-order valence-electron chi connectivity index (χ1n) is 6.14. The second kappa shape index (κ2) is 6.27. The van der Waals surface area contributed by atoms with E-state index in [0.717, 1.165) is 17.1 Å². The van der Waals surface area contributed by atoms with Crippen molar-refractivity contribution < 1.29 is 4.74 Å². The van der Waals surface area contributed by atoms with Gasteiger partial charge in [-0.15, -0.1) is 0 Å². The lowest BCUT2D eigenvalue weighted by molar-refractivity contribution is 0.413. The first kappa shape index (κ1) is 14.2. The smallest absolute Gasteiger partial charge is 0.145 e. The van der Waals surface area contributed by atoms with E-state index in [1.54, 1.807) is 31.6 Å². The van der Waals surface area contributed by atoms with Gasteiger partial charge in [-0.25, -0.2) is 4.98 Å². The van der Waals surface area contributed by atoms with Crippen molar-refractivity contribution >= 4 is 5.69 Å². The third kappa shape index (κ3) is 3.20. The van der Waals surface area contributed by atoms with Crippen molar-refractivity contribution in [1.29, 1.82) is 10.5 Å². The maximum absolute atomic E-state index is 8.68. The minimum Gasteiger partial charge on any atom is -0.494 e. The molecule has 0 unspecified atom stereocenters. The second-order valence-corrected chi connectivity index (χ2v) is 4.23. The number of methoxy groups -OCH3 is 1. The van der Waals surface area contributed by atoms with Gasteiger partial charge in [0.15, 0.2) is 0 Å². The van der Waals surface area contributed by atoms with Gasteiger partial charge in [-0.05, 0) is 19.1 Å². The van der Waals surface area contributed by atoms with E-state index in [0.29, 0.717) is 5.75 Å². The molecule has 0 bridgehead atoms. The molecule has 0 fully saturated rings.